The lowest BCUT2D eigenvalue weighted by atomic mass is 10.1. The van der Waals surface area contributed by atoms with Crippen LogP contribution in [0.2, 0.25) is 0 Å². The SMILES string of the molecule is CCS(=O)(=O)Nc1ncccc1CNc1nc(Nc2ccc(CNC(C(C)=O)C(N)=O)cc2)ncc1C(F)(F)F. The molecular formula is C24H27F3N8O4S. The quantitative estimate of drug-likeness (QED) is 0.189. The highest BCUT2D eigenvalue weighted by molar-refractivity contribution is 7.92. The van der Waals surface area contributed by atoms with Crippen molar-refractivity contribution in [2.24, 2.45) is 5.73 Å². The summed E-state index contributed by atoms with van der Waals surface area (Å²) in [5.41, 5.74) is 5.55. The molecule has 0 fully saturated rings. The maximum Gasteiger partial charge on any atom is 0.421 e. The predicted molar refractivity (Wildman–Crippen MR) is 142 cm³/mol. The van der Waals surface area contributed by atoms with E-state index in [1.54, 1.807) is 24.3 Å². The molecule has 0 saturated heterocycles. The normalized spacial score (nSPS) is 12.4. The van der Waals surface area contributed by atoms with Crippen molar-refractivity contribution in [3.05, 3.63) is 65.5 Å². The Morgan fingerprint density at radius 3 is 2.35 bits per heavy atom. The number of nitrogens with zero attached hydrogens (tertiary/aromatic N) is 3. The standard InChI is InChI=1S/C24H27F3N8O4S/c1-3-40(38,39)35-21-16(5-4-10-29-21)12-31-22-18(24(25,26)27)13-32-23(34-22)33-17-8-6-15(7-9-17)11-30-19(14(2)36)20(28)37/h4-10,13,19,30H,3,11-12H2,1-2H3,(H2,28,37)(H,29,35)(H2,31,32,33,34). The maximum absolute atomic E-state index is 13.7. The Bertz CT molecular complexity index is 1450. The number of nitrogens with two attached hydrogens (primary N) is 1. The minimum atomic E-state index is -4.76. The Labute approximate surface area is 228 Å². The average Bonchev–Trinajstić information content (AvgIpc) is 2.88. The minimum Gasteiger partial charge on any atom is -0.368 e. The van der Waals surface area contributed by atoms with E-state index >= 15 is 0 Å². The summed E-state index contributed by atoms with van der Waals surface area (Å²) in [5.74, 6) is -2.10. The first-order chi connectivity index (χ1) is 18.8. The van der Waals surface area contributed by atoms with Crippen LogP contribution in [0.3, 0.4) is 0 Å². The molecule has 0 aliphatic carbocycles. The van der Waals surface area contributed by atoms with Gasteiger partial charge in [0.25, 0.3) is 0 Å². The van der Waals surface area contributed by atoms with Gasteiger partial charge in [-0.25, -0.2) is 18.4 Å². The van der Waals surface area contributed by atoms with Gasteiger partial charge in [0.05, 0.1) is 5.75 Å². The number of primary amides is 1. The lowest BCUT2D eigenvalue weighted by Crippen LogP contribution is -2.45. The molecule has 1 unspecified atom stereocenters. The van der Waals surface area contributed by atoms with E-state index in [1.807, 2.05) is 0 Å². The minimum absolute atomic E-state index is 0.0159. The van der Waals surface area contributed by atoms with Gasteiger partial charge in [0, 0.05) is 36.7 Å². The third-order valence-corrected chi connectivity index (χ3v) is 6.74. The highest BCUT2D eigenvalue weighted by Gasteiger charge is 2.35. The van der Waals surface area contributed by atoms with Crippen molar-refractivity contribution in [2.45, 2.75) is 39.2 Å². The second-order valence-electron chi connectivity index (χ2n) is 8.47. The Kier molecular flexibility index (Phi) is 9.60. The van der Waals surface area contributed by atoms with E-state index in [1.165, 1.54) is 32.2 Å². The Morgan fingerprint density at radius 2 is 1.75 bits per heavy atom. The molecule has 6 N–H and O–H groups in total. The highest BCUT2D eigenvalue weighted by atomic mass is 32.2. The van der Waals surface area contributed by atoms with Gasteiger partial charge in [-0.2, -0.15) is 18.2 Å². The summed E-state index contributed by atoms with van der Waals surface area (Å²) in [6.07, 6.45) is -2.78. The summed E-state index contributed by atoms with van der Waals surface area (Å²) in [4.78, 5) is 34.6. The number of halogens is 3. The van der Waals surface area contributed by atoms with Crippen LogP contribution in [0.25, 0.3) is 0 Å². The number of anilines is 4. The van der Waals surface area contributed by atoms with Gasteiger partial charge in [0.15, 0.2) is 5.78 Å². The fourth-order valence-corrected chi connectivity index (χ4v) is 3.98. The number of Topliss-reactive ketones (excluding diaryl/α,β-unsaturated/α-hetero) is 1. The van der Waals surface area contributed by atoms with Crippen LogP contribution >= 0.6 is 0 Å². The molecule has 2 heterocycles. The Hall–Kier alpha value is -4.31. The van der Waals surface area contributed by atoms with Crippen molar-refractivity contribution in [3.63, 3.8) is 0 Å². The number of benzene rings is 1. The summed E-state index contributed by atoms with van der Waals surface area (Å²) in [5, 5.41) is 8.17. The van der Waals surface area contributed by atoms with Gasteiger partial charge in [-0.05, 0) is 37.6 Å². The first-order valence-corrected chi connectivity index (χ1v) is 13.5. The predicted octanol–water partition coefficient (Wildman–Crippen LogP) is 2.54. The molecule has 0 radical (unpaired) electrons. The second kappa shape index (κ2) is 12.7. The van der Waals surface area contributed by atoms with Crippen LogP contribution in [0.15, 0.2) is 48.8 Å². The lowest BCUT2D eigenvalue weighted by Gasteiger charge is -2.16. The van der Waals surface area contributed by atoms with Gasteiger partial charge >= 0.3 is 6.18 Å². The molecule has 16 heteroatoms. The van der Waals surface area contributed by atoms with Gasteiger partial charge in [-0.1, -0.05) is 18.2 Å². The molecule has 12 nitrogen and oxygen atoms in total. The third-order valence-electron chi connectivity index (χ3n) is 5.48. The molecule has 3 rings (SSSR count). The number of alkyl halides is 3. The Morgan fingerprint density at radius 1 is 1.05 bits per heavy atom. The van der Waals surface area contributed by atoms with E-state index in [9.17, 15) is 31.2 Å². The molecule has 0 aliphatic heterocycles. The van der Waals surface area contributed by atoms with Crippen LogP contribution < -0.4 is 26.4 Å². The third kappa shape index (κ3) is 8.34. The second-order valence-corrected chi connectivity index (χ2v) is 10.5. The number of amides is 1. The smallest absolute Gasteiger partial charge is 0.368 e. The number of rotatable bonds is 13. The number of hydrogen-bond donors (Lipinski definition) is 5. The van der Waals surface area contributed by atoms with Crippen LogP contribution in [-0.4, -0.2) is 46.9 Å². The summed E-state index contributed by atoms with van der Waals surface area (Å²) in [7, 11) is -3.67. The van der Waals surface area contributed by atoms with Crippen LogP contribution in [-0.2, 0) is 38.9 Å². The molecule has 1 atom stereocenters. The molecule has 2 aromatic heterocycles. The molecular weight excluding hydrogens is 553 g/mol. The zero-order chi connectivity index (χ0) is 29.5. The first-order valence-electron chi connectivity index (χ1n) is 11.8. The van der Waals surface area contributed by atoms with Crippen molar-refractivity contribution < 1.29 is 31.2 Å². The van der Waals surface area contributed by atoms with Crippen LogP contribution in [0, 0.1) is 0 Å². The number of nitrogens with one attached hydrogen (secondary N) is 4. The van der Waals surface area contributed by atoms with Crippen LogP contribution in [0.1, 0.15) is 30.5 Å². The molecule has 40 heavy (non-hydrogen) atoms. The van der Waals surface area contributed by atoms with Gasteiger partial charge in [-0.3, -0.25) is 19.6 Å². The number of hydrogen-bond acceptors (Lipinski definition) is 10. The first kappa shape index (κ1) is 30.2. The van der Waals surface area contributed by atoms with Gasteiger partial charge in [-0.15, -0.1) is 0 Å². The van der Waals surface area contributed by atoms with E-state index in [2.05, 4.69) is 35.6 Å². The summed E-state index contributed by atoms with van der Waals surface area (Å²) in [6.45, 7) is 2.63. The molecule has 1 amide bonds. The molecule has 0 spiro atoms. The van der Waals surface area contributed by atoms with Gasteiger partial charge in [0.2, 0.25) is 21.9 Å². The van der Waals surface area contributed by atoms with Crippen molar-refractivity contribution in [2.75, 3.05) is 21.1 Å². The molecule has 214 valence electrons. The molecule has 1 aromatic carbocycles. The van der Waals surface area contributed by atoms with Gasteiger partial charge in [0.1, 0.15) is 23.2 Å². The lowest BCUT2D eigenvalue weighted by molar-refractivity contribution is -0.137. The zero-order valence-electron chi connectivity index (χ0n) is 21.4. The zero-order valence-corrected chi connectivity index (χ0v) is 22.2. The molecule has 0 bridgehead atoms. The van der Waals surface area contributed by atoms with Crippen molar-refractivity contribution in [1.82, 2.24) is 20.3 Å². The van der Waals surface area contributed by atoms with E-state index in [0.29, 0.717) is 23.0 Å². The van der Waals surface area contributed by atoms with Crippen molar-refractivity contribution in [3.8, 4) is 0 Å². The monoisotopic (exact) mass is 580 g/mol. The highest BCUT2D eigenvalue weighted by Crippen LogP contribution is 2.34. The molecule has 0 aliphatic rings. The maximum atomic E-state index is 13.7. The molecule has 0 saturated carbocycles. The topological polar surface area (TPSA) is 181 Å². The average molecular weight is 581 g/mol. The molecule has 3 aromatic rings. The fraction of sp³-hybridized carbons (Fsp3) is 0.292. The number of carbonyl (C=O) groups is 2. The summed E-state index contributed by atoms with van der Waals surface area (Å²) < 4.78 is 67.2. The van der Waals surface area contributed by atoms with E-state index < -0.39 is 45.3 Å². The number of carbonyl (C=O) groups excluding carboxylic acids is 2. The number of ketones is 1. The van der Waals surface area contributed by atoms with Crippen LogP contribution in [0.4, 0.5) is 36.4 Å². The van der Waals surface area contributed by atoms with Gasteiger partial charge < -0.3 is 16.4 Å². The van der Waals surface area contributed by atoms with Crippen molar-refractivity contribution >= 4 is 45.0 Å². The van der Waals surface area contributed by atoms with E-state index in [0.717, 1.165) is 0 Å². The number of aromatic nitrogens is 3. The number of pyridine rings is 1. The largest absolute Gasteiger partial charge is 0.421 e. The van der Waals surface area contributed by atoms with Crippen LogP contribution in [0.5, 0.6) is 0 Å². The fourth-order valence-electron chi connectivity index (χ4n) is 3.36. The van der Waals surface area contributed by atoms with Crippen molar-refractivity contribution in [1.29, 1.82) is 0 Å². The van der Waals surface area contributed by atoms with E-state index in [4.69, 9.17) is 5.73 Å². The Balaban J connectivity index is 1.77. The summed E-state index contributed by atoms with van der Waals surface area (Å²) in [6, 6.07) is 8.46. The number of sulfonamides is 1. The van der Waals surface area contributed by atoms with E-state index in [-0.39, 0.29) is 30.6 Å². The summed E-state index contributed by atoms with van der Waals surface area (Å²) >= 11 is 0.